The van der Waals surface area contributed by atoms with E-state index in [4.69, 9.17) is 15.2 Å². The molecular formula is C15H14FNO3. The van der Waals surface area contributed by atoms with Crippen molar-refractivity contribution in [1.82, 2.24) is 0 Å². The smallest absolute Gasteiger partial charge is 0.199 e. The second-order valence-corrected chi connectivity index (χ2v) is 4.10. The lowest BCUT2D eigenvalue weighted by molar-refractivity contribution is 0.103. The first kappa shape index (κ1) is 13.9. The van der Waals surface area contributed by atoms with E-state index in [2.05, 4.69) is 0 Å². The highest BCUT2D eigenvalue weighted by Gasteiger charge is 2.19. The molecular weight excluding hydrogens is 261 g/mol. The van der Waals surface area contributed by atoms with Gasteiger partial charge in [0.25, 0.3) is 0 Å². The van der Waals surface area contributed by atoms with Gasteiger partial charge < -0.3 is 15.2 Å². The minimum Gasteiger partial charge on any atom is -0.496 e. The quantitative estimate of drug-likeness (QED) is 0.688. The number of rotatable bonds is 4. The largest absolute Gasteiger partial charge is 0.496 e. The topological polar surface area (TPSA) is 61.5 Å². The highest BCUT2D eigenvalue weighted by molar-refractivity contribution is 6.14. The molecule has 0 fully saturated rings. The third kappa shape index (κ3) is 2.42. The average molecular weight is 275 g/mol. The van der Waals surface area contributed by atoms with E-state index in [1.807, 2.05) is 0 Å². The number of halogens is 1. The summed E-state index contributed by atoms with van der Waals surface area (Å²) in [7, 11) is 2.88. The molecule has 0 saturated carbocycles. The van der Waals surface area contributed by atoms with Crippen LogP contribution in [0.3, 0.4) is 0 Å². The minimum absolute atomic E-state index is 0.118. The Labute approximate surface area is 115 Å². The van der Waals surface area contributed by atoms with Crippen molar-refractivity contribution >= 4 is 11.5 Å². The molecule has 4 nitrogen and oxygen atoms in total. The molecule has 0 aliphatic rings. The summed E-state index contributed by atoms with van der Waals surface area (Å²) >= 11 is 0. The van der Waals surface area contributed by atoms with Crippen molar-refractivity contribution in [2.75, 3.05) is 20.0 Å². The molecule has 2 aromatic rings. The summed E-state index contributed by atoms with van der Waals surface area (Å²) < 4.78 is 23.5. The van der Waals surface area contributed by atoms with Crippen LogP contribution in [0.4, 0.5) is 10.1 Å². The number of nitrogen functional groups attached to an aromatic ring is 1. The van der Waals surface area contributed by atoms with E-state index in [0.717, 1.165) is 6.07 Å². The van der Waals surface area contributed by atoms with Crippen molar-refractivity contribution < 1.29 is 18.7 Å². The van der Waals surface area contributed by atoms with Crippen LogP contribution >= 0.6 is 0 Å². The van der Waals surface area contributed by atoms with Crippen LogP contribution in [0.15, 0.2) is 36.4 Å². The monoisotopic (exact) mass is 275 g/mol. The molecule has 2 aromatic carbocycles. The Hall–Kier alpha value is -2.56. The summed E-state index contributed by atoms with van der Waals surface area (Å²) in [5.41, 5.74) is 6.46. The SMILES string of the molecule is COc1ccc(F)cc1C(=O)c1cccc(OC)c1N. The van der Waals surface area contributed by atoms with Crippen LogP contribution in [0.25, 0.3) is 0 Å². The average Bonchev–Trinajstić information content (AvgIpc) is 2.46. The van der Waals surface area contributed by atoms with Gasteiger partial charge in [0.2, 0.25) is 0 Å². The molecule has 0 aliphatic heterocycles. The first-order valence-electron chi connectivity index (χ1n) is 5.89. The second kappa shape index (κ2) is 5.61. The molecule has 0 bridgehead atoms. The van der Waals surface area contributed by atoms with Crippen molar-refractivity contribution in [3.05, 3.63) is 53.3 Å². The lowest BCUT2D eigenvalue weighted by Gasteiger charge is -2.11. The fourth-order valence-corrected chi connectivity index (χ4v) is 1.92. The van der Waals surface area contributed by atoms with Crippen molar-refractivity contribution in [1.29, 1.82) is 0 Å². The number of hydrogen-bond acceptors (Lipinski definition) is 4. The van der Waals surface area contributed by atoms with Gasteiger partial charge in [0, 0.05) is 5.56 Å². The number of benzene rings is 2. The van der Waals surface area contributed by atoms with Crippen LogP contribution in [0.5, 0.6) is 11.5 Å². The van der Waals surface area contributed by atoms with Gasteiger partial charge in [0.15, 0.2) is 5.78 Å². The third-order valence-corrected chi connectivity index (χ3v) is 2.94. The van der Waals surface area contributed by atoms with Crippen LogP contribution < -0.4 is 15.2 Å². The lowest BCUT2D eigenvalue weighted by atomic mass is 10.0. The standard InChI is InChI=1S/C15H14FNO3/c1-19-12-7-6-9(16)8-11(12)15(18)10-4-3-5-13(20-2)14(10)17/h3-8H,17H2,1-2H3. The zero-order chi connectivity index (χ0) is 14.7. The molecule has 2 N–H and O–H groups in total. The molecule has 5 heteroatoms. The summed E-state index contributed by atoms with van der Waals surface area (Å²) in [6, 6.07) is 8.61. The van der Waals surface area contributed by atoms with Gasteiger partial charge in [-0.05, 0) is 30.3 Å². The van der Waals surface area contributed by atoms with Gasteiger partial charge in [-0.15, -0.1) is 0 Å². The van der Waals surface area contributed by atoms with E-state index in [0.29, 0.717) is 11.5 Å². The fraction of sp³-hybridized carbons (Fsp3) is 0.133. The summed E-state index contributed by atoms with van der Waals surface area (Å²) in [5, 5.41) is 0. The molecule has 2 rings (SSSR count). The van der Waals surface area contributed by atoms with Gasteiger partial charge in [-0.1, -0.05) is 6.07 Å². The predicted molar refractivity (Wildman–Crippen MR) is 73.8 cm³/mol. The van der Waals surface area contributed by atoms with Crippen molar-refractivity contribution in [3.63, 3.8) is 0 Å². The fourth-order valence-electron chi connectivity index (χ4n) is 1.92. The van der Waals surface area contributed by atoms with E-state index in [1.54, 1.807) is 18.2 Å². The van der Waals surface area contributed by atoms with Gasteiger partial charge in [-0.25, -0.2) is 4.39 Å². The minimum atomic E-state index is -0.518. The van der Waals surface area contributed by atoms with Crippen molar-refractivity contribution in [2.24, 2.45) is 0 Å². The Bertz CT molecular complexity index is 656. The summed E-state index contributed by atoms with van der Waals surface area (Å²) in [5.74, 6) is -0.252. The molecule has 0 spiro atoms. The van der Waals surface area contributed by atoms with E-state index in [1.165, 1.54) is 26.4 Å². The molecule has 0 saturated heterocycles. The van der Waals surface area contributed by atoms with Crippen LogP contribution in [-0.4, -0.2) is 20.0 Å². The Kier molecular flexibility index (Phi) is 3.89. The molecule has 0 aromatic heterocycles. The Morgan fingerprint density at radius 1 is 1.05 bits per heavy atom. The summed E-state index contributed by atoms with van der Waals surface area (Å²) in [6.07, 6.45) is 0. The number of hydrogen-bond donors (Lipinski definition) is 1. The molecule has 0 unspecified atom stereocenters. The molecule has 0 radical (unpaired) electrons. The molecule has 104 valence electrons. The van der Waals surface area contributed by atoms with E-state index in [-0.39, 0.29) is 16.8 Å². The number of para-hydroxylation sites is 1. The first-order valence-corrected chi connectivity index (χ1v) is 5.89. The summed E-state index contributed by atoms with van der Waals surface area (Å²) in [6.45, 7) is 0. The maximum absolute atomic E-state index is 13.3. The highest BCUT2D eigenvalue weighted by Crippen LogP contribution is 2.29. The van der Waals surface area contributed by atoms with Gasteiger partial charge in [0.05, 0.1) is 25.5 Å². The van der Waals surface area contributed by atoms with Crippen LogP contribution in [0.1, 0.15) is 15.9 Å². The number of ketones is 1. The molecule has 0 amide bonds. The molecule has 0 heterocycles. The van der Waals surface area contributed by atoms with Gasteiger partial charge >= 0.3 is 0 Å². The maximum atomic E-state index is 13.3. The van der Waals surface area contributed by atoms with Crippen LogP contribution in [0, 0.1) is 5.82 Å². The zero-order valence-electron chi connectivity index (χ0n) is 11.1. The maximum Gasteiger partial charge on any atom is 0.199 e. The number of anilines is 1. The molecule has 20 heavy (non-hydrogen) atoms. The van der Waals surface area contributed by atoms with Gasteiger partial charge in [-0.3, -0.25) is 4.79 Å². The number of nitrogens with two attached hydrogens (primary N) is 1. The predicted octanol–water partition coefficient (Wildman–Crippen LogP) is 2.66. The highest BCUT2D eigenvalue weighted by atomic mass is 19.1. The van der Waals surface area contributed by atoms with Crippen LogP contribution in [0.2, 0.25) is 0 Å². The molecule has 0 aliphatic carbocycles. The number of carbonyl (C=O) groups excluding carboxylic acids is 1. The van der Waals surface area contributed by atoms with Gasteiger partial charge in [0.1, 0.15) is 17.3 Å². The number of carbonyl (C=O) groups is 1. The summed E-state index contributed by atoms with van der Waals surface area (Å²) in [4.78, 5) is 12.5. The second-order valence-electron chi connectivity index (χ2n) is 4.10. The number of ether oxygens (including phenoxy) is 2. The third-order valence-electron chi connectivity index (χ3n) is 2.94. The van der Waals surface area contributed by atoms with E-state index < -0.39 is 11.6 Å². The van der Waals surface area contributed by atoms with Crippen molar-refractivity contribution in [3.8, 4) is 11.5 Å². The Morgan fingerprint density at radius 2 is 1.75 bits per heavy atom. The van der Waals surface area contributed by atoms with Crippen molar-refractivity contribution in [2.45, 2.75) is 0 Å². The van der Waals surface area contributed by atoms with E-state index >= 15 is 0 Å². The van der Waals surface area contributed by atoms with Gasteiger partial charge in [-0.2, -0.15) is 0 Å². The Balaban J connectivity index is 2.54. The number of methoxy groups -OCH3 is 2. The van der Waals surface area contributed by atoms with E-state index in [9.17, 15) is 9.18 Å². The van der Waals surface area contributed by atoms with Crippen LogP contribution in [-0.2, 0) is 0 Å². The zero-order valence-corrected chi connectivity index (χ0v) is 11.1. The lowest BCUT2D eigenvalue weighted by Crippen LogP contribution is -2.08. The Morgan fingerprint density at radius 3 is 2.40 bits per heavy atom. The normalized spacial score (nSPS) is 10.2. The molecule has 0 atom stereocenters. The first-order chi connectivity index (χ1) is 9.58.